The van der Waals surface area contributed by atoms with Crippen LogP contribution in [0.2, 0.25) is 0 Å². The first-order valence-electron chi connectivity index (χ1n) is 8.67. The Morgan fingerprint density at radius 2 is 1.78 bits per heavy atom. The number of hydrogen-bond donors (Lipinski definition) is 1. The monoisotopic (exact) mass is 361 g/mol. The van der Waals surface area contributed by atoms with Crippen LogP contribution in [-0.2, 0) is 4.79 Å². The van der Waals surface area contributed by atoms with Crippen LogP contribution in [0, 0.1) is 18.3 Å². The van der Waals surface area contributed by atoms with Gasteiger partial charge in [-0.25, -0.2) is 0 Å². The van der Waals surface area contributed by atoms with Crippen molar-refractivity contribution < 1.29 is 14.4 Å². The summed E-state index contributed by atoms with van der Waals surface area (Å²) in [6, 6.07) is 13.9. The molecule has 0 radical (unpaired) electrons. The number of amides is 3. The summed E-state index contributed by atoms with van der Waals surface area (Å²) in [7, 11) is 0. The van der Waals surface area contributed by atoms with Crippen LogP contribution >= 0.6 is 0 Å². The second kappa shape index (κ2) is 7.42. The van der Waals surface area contributed by atoms with Crippen molar-refractivity contribution in [2.75, 3.05) is 6.54 Å². The summed E-state index contributed by atoms with van der Waals surface area (Å²) in [4.78, 5) is 38.2. The highest BCUT2D eigenvalue weighted by molar-refractivity contribution is 6.21. The Morgan fingerprint density at radius 1 is 1.11 bits per heavy atom. The average molecular weight is 361 g/mol. The van der Waals surface area contributed by atoms with E-state index < -0.39 is 0 Å². The van der Waals surface area contributed by atoms with E-state index in [9.17, 15) is 14.4 Å². The molecule has 0 saturated heterocycles. The second-order valence-corrected chi connectivity index (χ2v) is 6.58. The van der Waals surface area contributed by atoms with Crippen molar-refractivity contribution in [2.24, 2.45) is 0 Å². The third-order valence-electron chi connectivity index (χ3n) is 4.61. The molecule has 3 rings (SSSR count). The van der Waals surface area contributed by atoms with Crippen LogP contribution in [-0.4, -0.2) is 29.2 Å². The maximum Gasteiger partial charge on any atom is 0.261 e. The van der Waals surface area contributed by atoms with E-state index in [-0.39, 0.29) is 36.7 Å². The fourth-order valence-corrected chi connectivity index (χ4v) is 3.06. The van der Waals surface area contributed by atoms with Crippen molar-refractivity contribution >= 4 is 17.7 Å². The minimum Gasteiger partial charge on any atom is -0.350 e. The van der Waals surface area contributed by atoms with E-state index in [1.807, 2.05) is 19.9 Å². The zero-order chi connectivity index (χ0) is 19.6. The van der Waals surface area contributed by atoms with E-state index in [1.54, 1.807) is 42.5 Å². The number of nitrogens with one attached hydrogen (secondary N) is 1. The topological polar surface area (TPSA) is 90.3 Å². The van der Waals surface area contributed by atoms with Gasteiger partial charge in [-0.15, -0.1) is 0 Å². The minimum absolute atomic E-state index is 0.0328. The van der Waals surface area contributed by atoms with Gasteiger partial charge in [-0.2, -0.15) is 5.26 Å². The number of nitriles is 1. The number of rotatable bonds is 5. The van der Waals surface area contributed by atoms with Crippen LogP contribution in [0.5, 0.6) is 0 Å². The number of carbonyl (C=O) groups excluding carboxylic acids is 3. The lowest BCUT2D eigenvalue weighted by Crippen LogP contribution is -2.35. The molecule has 6 nitrogen and oxygen atoms in total. The number of benzene rings is 2. The summed E-state index contributed by atoms with van der Waals surface area (Å²) in [5.41, 5.74) is 3.12. The molecule has 2 aromatic carbocycles. The third-order valence-corrected chi connectivity index (χ3v) is 4.61. The van der Waals surface area contributed by atoms with Gasteiger partial charge in [0.05, 0.1) is 28.8 Å². The molecule has 1 heterocycles. The smallest absolute Gasteiger partial charge is 0.261 e. The average Bonchev–Trinajstić information content (AvgIpc) is 2.90. The highest BCUT2D eigenvalue weighted by Crippen LogP contribution is 2.24. The molecule has 1 aliphatic rings. The van der Waals surface area contributed by atoms with Gasteiger partial charge in [0.25, 0.3) is 11.8 Å². The van der Waals surface area contributed by atoms with E-state index in [0.717, 1.165) is 16.0 Å². The van der Waals surface area contributed by atoms with E-state index in [2.05, 4.69) is 5.32 Å². The molecular formula is C21H19N3O3. The summed E-state index contributed by atoms with van der Waals surface area (Å²) in [5.74, 6) is -0.964. The standard InChI is InChI=1S/C21H19N3O3/c1-13-3-8-17-18(11-13)21(27)24(20(17)26)10-9-19(25)23-14(2)16-6-4-15(12-22)5-7-16/h3-8,11,14H,9-10H2,1-2H3,(H,23,25). The number of imide groups is 1. The van der Waals surface area contributed by atoms with Gasteiger partial charge in [0, 0.05) is 13.0 Å². The molecule has 0 spiro atoms. The van der Waals surface area contributed by atoms with Crippen LogP contribution in [0.1, 0.15) is 56.8 Å². The van der Waals surface area contributed by atoms with E-state index in [4.69, 9.17) is 5.26 Å². The van der Waals surface area contributed by atoms with Gasteiger partial charge in [-0.05, 0) is 43.7 Å². The Hall–Kier alpha value is -3.46. The molecule has 2 aromatic rings. The molecule has 0 aliphatic carbocycles. The van der Waals surface area contributed by atoms with Crippen LogP contribution in [0.3, 0.4) is 0 Å². The van der Waals surface area contributed by atoms with Crippen molar-refractivity contribution in [3.63, 3.8) is 0 Å². The minimum atomic E-state index is -0.358. The van der Waals surface area contributed by atoms with Gasteiger partial charge in [0.15, 0.2) is 0 Å². The summed E-state index contributed by atoms with van der Waals surface area (Å²) < 4.78 is 0. The lowest BCUT2D eigenvalue weighted by molar-refractivity contribution is -0.121. The van der Waals surface area contributed by atoms with Crippen molar-refractivity contribution in [1.82, 2.24) is 10.2 Å². The molecule has 1 aliphatic heterocycles. The fraction of sp³-hybridized carbons (Fsp3) is 0.238. The third kappa shape index (κ3) is 3.72. The number of fused-ring (bicyclic) bond motifs is 1. The molecule has 0 saturated carbocycles. The Bertz CT molecular complexity index is 958. The van der Waals surface area contributed by atoms with E-state index >= 15 is 0 Å². The summed E-state index contributed by atoms with van der Waals surface area (Å²) in [6.07, 6.45) is 0.0328. The summed E-state index contributed by atoms with van der Waals surface area (Å²) in [5, 5.41) is 11.7. The molecule has 27 heavy (non-hydrogen) atoms. The van der Waals surface area contributed by atoms with E-state index in [0.29, 0.717) is 16.7 Å². The fourth-order valence-electron chi connectivity index (χ4n) is 3.06. The van der Waals surface area contributed by atoms with E-state index in [1.165, 1.54) is 0 Å². The summed E-state index contributed by atoms with van der Waals surface area (Å²) in [6.45, 7) is 3.74. The molecule has 3 amide bonds. The molecule has 1 unspecified atom stereocenters. The normalized spacial score (nSPS) is 13.9. The zero-order valence-electron chi connectivity index (χ0n) is 15.2. The number of aryl methyl sites for hydroxylation is 1. The zero-order valence-corrected chi connectivity index (χ0v) is 15.2. The molecule has 0 aromatic heterocycles. The number of nitrogens with zero attached hydrogens (tertiary/aromatic N) is 2. The van der Waals surface area contributed by atoms with Gasteiger partial charge in [-0.1, -0.05) is 23.8 Å². The maximum atomic E-state index is 12.4. The molecule has 0 bridgehead atoms. The van der Waals surface area contributed by atoms with Gasteiger partial charge in [-0.3, -0.25) is 19.3 Å². The Kier molecular flexibility index (Phi) is 5.04. The van der Waals surface area contributed by atoms with Gasteiger partial charge >= 0.3 is 0 Å². The van der Waals surface area contributed by atoms with Gasteiger partial charge in [0.2, 0.25) is 5.91 Å². The molecule has 1 atom stereocenters. The lowest BCUT2D eigenvalue weighted by atomic mass is 10.1. The number of hydrogen-bond acceptors (Lipinski definition) is 4. The predicted octanol–water partition coefficient (Wildman–Crippen LogP) is 2.73. The van der Waals surface area contributed by atoms with Crippen LogP contribution in [0.15, 0.2) is 42.5 Å². The maximum absolute atomic E-state index is 12.4. The lowest BCUT2D eigenvalue weighted by Gasteiger charge is -2.17. The predicted molar refractivity (Wildman–Crippen MR) is 98.9 cm³/mol. The quantitative estimate of drug-likeness (QED) is 0.829. The van der Waals surface area contributed by atoms with Crippen LogP contribution < -0.4 is 5.32 Å². The van der Waals surface area contributed by atoms with Crippen molar-refractivity contribution in [2.45, 2.75) is 26.3 Å². The van der Waals surface area contributed by atoms with Crippen molar-refractivity contribution in [3.8, 4) is 6.07 Å². The molecular weight excluding hydrogens is 342 g/mol. The van der Waals surface area contributed by atoms with Crippen molar-refractivity contribution in [1.29, 1.82) is 5.26 Å². The molecule has 6 heteroatoms. The number of carbonyl (C=O) groups is 3. The van der Waals surface area contributed by atoms with Crippen LogP contribution in [0.25, 0.3) is 0 Å². The SMILES string of the molecule is Cc1ccc2c(c1)C(=O)N(CCC(=O)NC(C)c1ccc(C#N)cc1)C2=O. The summed E-state index contributed by atoms with van der Waals surface area (Å²) >= 11 is 0. The Balaban J connectivity index is 1.58. The first kappa shape index (κ1) is 18.3. The van der Waals surface area contributed by atoms with Crippen molar-refractivity contribution in [3.05, 3.63) is 70.3 Å². The highest BCUT2D eigenvalue weighted by atomic mass is 16.2. The largest absolute Gasteiger partial charge is 0.350 e. The Labute approximate surface area is 157 Å². The van der Waals surface area contributed by atoms with Crippen LogP contribution in [0.4, 0.5) is 0 Å². The second-order valence-electron chi connectivity index (χ2n) is 6.58. The molecule has 0 fully saturated rings. The highest BCUT2D eigenvalue weighted by Gasteiger charge is 2.35. The van der Waals surface area contributed by atoms with Gasteiger partial charge < -0.3 is 5.32 Å². The molecule has 1 N–H and O–H groups in total. The first-order chi connectivity index (χ1) is 12.9. The Morgan fingerprint density at radius 3 is 2.44 bits per heavy atom. The molecule has 136 valence electrons. The first-order valence-corrected chi connectivity index (χ1v) is 8.67. The van der Waals surface area contributed by atoms with Gasteiger partial charge in [0.1, 0.15) is 0 Å².